The minimum Gasteiger partial charge on any atom is -0.331 e. The summed E-state index contributed by atoms with van der Waals surface area (Å²) < 4.78 is 15.8. The Morgan fingerprint density at radius 3 is 2.67 bits per heavy atom. The Hall–Kier alpha value is -1.94. The van der Waals surface area contributed by atoms with E-state index >= 15 is 0 Å². The second-order valence-electron chi connectivity index (χ2n) is 4.16. The summed E-state index contributed by atoms with van der Waals surface area (Å²) in [6.45, 7) is 0.642. The van der Waals surface area contributed by atoms with E-state index in [1.807, 2.05) is 34.9 Å². The lowest BCUT2D eigenvalue weighted by Gasteiger charge is -2.04. The molecule has 0 bridgehead atoms. The highest BCUT2D eigenvalue weighted by atomic mass is 32.1. The second-order valence-corrected chi connectivity index (χ2v) is 4.55. The molecular formula is C14H11FN2S. The van der Waals surface area contributed by atoms with Gasteiger partial charge in [-0.2, -0.15) is 0 Å². The van der Waals surface area contributed by atoms with Crippen LogP contribution in [0.4, 0.5) is 4.39 Å². The monoisotopic (exact) mass is 258 g/mol. The third-order valence-electron chi connectivity index (χ3n) is 2.92. The van der Waals surface area contributed by atoms with Crippen molar-refractivity contribution in [2.24, 2.45) is 0 Å². The highest BCUT2D eigenvalue weighted by molar-refractivity contribution is 7.71. The van der Waals surface area contributed by atoms with Crippen molar-refractivity contribution >= 4 is 23.3 Å². The molecule has 0 spiro atoms. The zero-order chi connectivity index (χ0) is 12.5. The van der Waals surface area contributed by atoms with Gasteiger partial charge in [0.05, 0.1) is 17.6 Å². The number of hydrogen-bond donors (Lipinski definition) is 1. The van der Waals surface area contributed by atoms with Crippen molar-refractivity contribution < 1.29 is 4.39 Å². The molecule has 0 aliphatic heterocycles. The summed E-state index contributed by atoms with van der Waals surface area (Å²) in [7, 11) is 0. The molecule has 0 atom stereocenters. The van der Waals surface area contributed by atoms with Gasteiger partial charge in [0.2, 0.25) is 0 Å². The minimum absolute atomic E-state index is 0.252. The highest BCUT2D eigenvalue weighted by Crippen LogP contribution is 2.17. The molecule has 2 nitrogen and oxygen atoms in total. The molecule has 0 saturated heterocycles. The summed E-state index contributed by atoms with van der Waals surface area (Å²) in [6.07, 6.45) is 0. The summed E-state index contributed by atoms with van der Waals surface area (Å²) >= 11 is 5.28. The van der Waals surface area contributed by atoms with Gasteiger partial charge in [-0.15, -0.1) is 0 Å². The van der Waals surface area contributed by atoms with Crippen molar-refractivity contribution in [3.8, 4) is 0 Å². The number of imidazole rings is 1. The molecule has 1 heterocycles. The number of aromatic nitrogens is 2. The van der Waals surface area contributed by atoms with Gasteiger partial charge in [0.25, 0.3) is 0 Å². The zero-order valence-electron chi connectivity index (χ0n) is 9.56. The van der Waals surface area contributed by atoms with Gasteiger partial charge < -0.3 is 9.55 Å². The lowest BCUT2D eigenvalue weighted by atomic mass is 10.2. The summed E-state index contributed by atoms with van der Waals surface area (Å²) in [5.41, 5.74) is 2.79. The molecule has 0 fully saturated rings. The first-order chi connectivity index (χ1) is 8.74. The molecule has 0 saturated carbocycles. The lowest BCUT2D eigenvalue weighted by molar-refractivity contribution is 0.628. The average molecular weight is 258 g/mol. The predicted molar refractivity (Wildman–Crippen MR) is 72.6 cm³/mol. The van der Waals surface area contributed by atoms with Gasteiger partial charge in [-0.1, -0.05) is 30.3 Å². The smallest absolute Gasteiger partial charge is 0.178 e. The molecule has 3 aromatic rings. The van der Waals surface area contributed by atoms with Gasteiger partial charge in [0, 0.05) is 0 Å². The maximum Gasteiger partial charge on any atom is 0.178 e. The average Bonchev–Trinajstić information content (AvgIpc) is 2.67. The SMILES string of the molecule is Fc1ccc2[nH]c(=S)n(Cc3ccccc3)c2c1. The molecule has 4 heteroatoms. The number of nitrogens with one attached hydrogen (secondary N) is 1. The molecule has 2 aromatic carbocycles. The van der Waals surface area contributed by atoms with Gasteiger partial charge in [-0.25, -0.2) is 4.39 Å². The van der Waals surface area contributed by atoms with Crippen LogP contribution in [0, 0.1) is 10.6 Å². The predicted octanol–water partition coefficient (Wildman–Crippen LogP) is 3.89. The Morgan fingerprint density at radius 1 is 1.11 bits per heavy atom. The van der Waals surface area contributed by atoms with E-state index in [1.54, 1.807) is 6.07 Å². The summed E-state index contributed by atoms with van der Waals surface area (Å²) in [5.74, 6) is -0.252. The van der Waals surface area contributed by atoms with Crippen LogP contribution < -0.4 is 0 Å². The van der Waals surface area contributed by atoms with E-state index in [9.17, 15) is 4.39 Å². The molecule has 0 aliphatic carbocycles. The van der Waals surface area contributed by atoms with Crippen LogP contribution >= 0.6 is 12.2 Å². The van der Waals surface area contributed by atoms with Crippen molar-refractivity contribution in [1.29, 1.82) is 0 Å². The van der Waals surface area contributed by atoms with Gasteiger partial charge in [-0.05, 0) is 36.0 Å². The first kappa shape index (κ1) is 11.2. The number of rotatable bonds is 2. The molecule has 0 radical (unpaired) electrons. The quantitative estimate of drug-likeness (QED) is 0.692. The minimum atomic E-state index is -0.252. The van der Waals surface area contributed by atoms with Crippen LogP contribution in [0.1, 0.15) is 5.56 Å². The van der Waals surface area contributed by atoms with E-state index in [-0.39, 0.29) is 5.82 Å². The number of hydrogen-bond acceptors (Lipinski definition) is 1. The molecule has 0 amide bonds. The van der Waals surface area contributed by atoms with E-state index in [4.69, 9.17) is 12.2 Å². The Labute approximate surface area is 109 Å². The van der Waals surface area contributed by atoms with Crippen molar-refractivity contribution in [3.05, 3.63) is 64.7 Å². The summed E-state index contributed by atoms with van der Waals surface area (Å²) in [4.78, 5) is 3.09. The van der Waals surface area contributed by atoms with Crippen LogP contribution in [0.15, 0.2) is 48.5 Å². The maximum absolute atomic E-state index is 13.3. The van der Waals surface area contributed by atoms with Gasteiger partial charge in [-0.3, -0.25) is 0 Å². The van der Waals surface area contributed by atoms with E-state index < -0.39 is 0 Å². The fourth-order valence-electron chi connectivity index (χ4n) is 2.05. The standard InChI is InChI=1S/C14H11FN2S/c15-11-6-7-12-13(8-11)17(14(18)16-12)9-10-4-2-1-3-5-10/h1-8H,9H2,(H,16,18). The van der Waals surface area contributed by atoms with Gasteiger partial charge in [0.15, 0.2) is 4.77 Å². The molecule has 0 unspecified atom stereocenters. The summed E-state index contributed by atoms with van der Waals surface area (Å²) in [5, 5.41) is 0. The first-order valence-corrected chi connectivity index (χ1v) is 6.07. The van der Waals surface area contributed by atoms with Crippen LogP contribution in [-0.2, 0) is 6.54 Å². The van der Waals surface area contributed by atoms with E-state index in [0.29, 0.717) is 11.3 Å². The fraction of sp³-hybridized carbons (Fsp3) is 0.0714. The molecule has 0 aliphatic rings. The van der Waals surface area contributed by atoms with Crippen LogP contribution in [-0.4, -0.2) is 9.55 Å². The topological polar surface area (TPSA) is 20.7 Å². The second kappa shape index (κ2) is 4.38. The number of aromatic amines is 1. The van der Waals surface area contributed by atoms with Gasteiger partial charge >= 0.3 is 0 Å². The number of H-pyrrole nitrogens is 1. The first-order valence-electron chi connectivity index (χ1n) is 5.66. The third-order valence-corrected chi connectivity index (χ3v) is 3.24. The maximum atomic E-state index is 13.3. The lowest BCUT2D eigenvalue weighted by Crippen LogP contribution is -1.99. The molecule has 3 rings (SSSR count). The molecule has 1 aromatic heterocycles. The summed E-state index contributed by atoms with van der Waals surface area (Å²) in [6, 6.07) is 14.6. The third kappa shape index (κ3) is 1.95. The van der Waals surface area contributed by atoms with Crippen molar-refractivity contribution in [2.45, 2.75) is 6.54 Å². The zero-order valence-corrected chi connectivity index (χ0v) is 10.4. The van der Waals surface area contributed by atoms with Crippen LogP contribution in [0.5, 0.6) is 0 Å². The highest BCUT2D eigenvalue weighted by Gasteiger charge is 2.05. The molecular weight excluding hydrogens is 247 g/mol. The molecule has 1 N–H and O–H groups in total. The van der Waals surface area contributed by atoms with E-state index in [1.165, 1.54) is 12.1 Å². The number of halogens is 1. The van der Waals surface area contributed by atoms with E-state index in [2.05, 4.69) is 4.98 Å². The van der Waals surface area contributed by atoms with Crippen LogP contribution in [0.3, 0.4) is 0 Å². The largest absolute Gasteiger partial charge is 0.331 e. The Kier molecular flexibility index (Phi) is 2.72. The van der Waals surface area contributed by atoms with Crippen molar-refractivity contribution in [3.63, 3.8) is 0 Å². The van der Waals surface area contributed by atoms with E-state index in [0.717, 1.165) is 16.6 Å². The normalized spacial score (nSPS) is 10.9. The van der Waals surface area contributed by atoms with Crippen LogP contribution in [0.2, 0.25) is 0 Å². The van der Waals surface area contributed by atoms with Gasteiger partial charge in [0.1, 0.15) is 5.82 Å². The van der Waals surface area contributed by atoms with Crippen LogP contribution in [0.25, 0.3) is 11.0 Å². The van der Waals surface area contributed by atoms with Crippen molar-refractivity contribution in [2.75, 3.05) is 0 Å². The van der Waals surface area contributed by atoms with Crippen molar-refractivity contribution in [1.82, 2.24) is 9.55 Å². The Morgan fingerprint density at radius 2 is 1.89 bits per heavy atom. The molecule has 18 heavy (non-hydrogen) atoms. The Balaban J connectivity index is 2.14. The number of nitrogens with zero attached hydrogens (tertiary/aromatic N) is 1. The molecule has 90 valence electrons. The Bertz CT molecular complexity index is 743. The number of benzene rings is 2. The number of fused-ring (bicyclic) bond motifs is 1. The fourth-order valence-corrected chi connectivity index (χ4v) is 2.32.